The minimum Gasteiger partial charge on any atom is -0.508 e. The lowest BCUT2D eigenvalue weighted by Crippen LogP contribution is -2.13. The van der Waals surface area contributed by atoms with Crippen LogP contribution >= 0.6 is 0 Å². The molecule has 0 saturated carbocycles. The highest BCUT2D eigenvalue weighted by atomic mass is 16.4. The Hall–Kier alpha value is -4.12. The summed E-state index contributed by atoms with van der Waals surface area (Å²) < 4.78 is 6.24. The number of hydrogen-bond donors (Lipinski definition) is 2. The van der Waals surface area contributed by atoms with E-state index in [1.54, 1.807) is 12.1 Å². The number of fused-ring (bicyclic) bond motifs is 3. The van der Waals surface area contributed by atoms with Crippen LogP contribution in [0.5, 0.6) is 5.75 Å². The van der Waals surface area contributed by atoms with Gasteiger partial charge in [0.1, 0.15) is 17.1 Å². The molecule has 5 nitrogen and oxygen atoms in total. The number of aliphatic carboxylic acids is 1. The van der Waals surface area contributed by atoms with E-state index in [-0.39, 0.29) is 33.3 Å². The molecule has 0 spiro atoms. The molecule has 1 unspecified atom stereocenters. The lowest BCUT2D eigenvalue weighted by molar-refractivity contribution is -0.130. The topological polar surface area (TPSA) is 87.7 Å². The van der Waals surface area contributed by atoms with Crippen LogP contribution in [0, 0.1) is 0 Å². The highest BCUT2D eigenvalue weighted by Gasteiger charge is 2.32. The van der Waals surface area contributed by atoms with Crippen molar-refractivity contribution in [2.75, 3.05) is 0 Å². The fraction of sp³-hybridized carbons (Fsp3) is 0.111. The van der Waals surface area contributed by atoms with Gasteiger partial charge in [0.2, 0.25) is 0 Å². The molecule has 3 aromatic carbocycles. The molecule has 0 saturated heterocycles. The van der Waals surface area contributed by atoms with E-state index >= 15 is 0 Å². The molecule has 4 aromatic rings. The van der Waals surface area contributed by atoms with Gasteiger partial charge in [-0.25, -0.2) is 4.79 Å². The van der Waals surface area contributed by atoms with Crippen LogP contribution in [0.4, 0.5) is 0 Å². The lowest BCUT2D eigenvalue weighted by Gasteiger charge is -2.20. The van der Waals surface area contributed by atoms with Gasteiger partial charge in [0.15, 0.2) is 5.43 Å². The number of hydrogen-bond acceptors (Lipinski definition) is 4. The van der Waals surface area contributed by atoms with Crippen molar-refractivity contribution in [2.45, 2.75) is 19.3 Å². The van der Waals surface area contributed by atoms with Gasteiger partial charge in [-0.3, -0.25) is 4.79 Å². The average Bonchev–Trinajstić information content (AvgIpc) is 2.94. The second-order valence-electron chi connectivity index (χ2n) is 7.87. The first-order chi connectivity index (χ1) is 15.5. The van der Waals surface area contributed by atoms with Gasteiger partial charge in [-0.05, 0) is 46.9 Å². The summed E-state index contributed by atoms with van der Waals surface area (Å²) >= 11 is 0. The first kappa shape index (κ1) is 19.8. The Balaban J connectivity index is 1.91. The molecule has 1 heterocycles. The molecular formula is C27H20O5. The number of carbonyl (C=O) groups is 1. The van der Waals surface area contributed by atoms with Crippen molar-refractivity contribution in [2.24, 2.45) is 0 Å². The van der Waals surface area contributed by atoms with Crippen LogP contribution in [0.15, 0.2) is 75.9 Å². The smallest absolute Gasteiger partial charge is 0.336 e. The summed E-state index contributed by atoms with van der Waals surface area (Å²) in [5.74, 6) is -1.25. The second-order valence-corrected chi connectivity index (χ2v) is 7.87. The van der Waals surface area contributed by atoms with Crippen molar-refractivity contribution < 1.29 is 19.4 Å². The van der Waals surface area contributed by atoms with Crippen molar-refractivity contribution in [3.63, 3.8) is 0 Å². The predicted molar refractivity (Wildman–Crippen MR) is 123 cm³/mol. The molecule has 1 aromatic heterocycles. The van der Waals surface area contributed by atoms with Gasteiger partial charge in [-0.2, -0.15) is 0 Å². The maximum absolute atomic E-state index is 13.5. The number of aryl methyl sites for hydroxylation is 1. The summed E-state index contributed by atoms with van der Waals surface area (Å²) in [7, 11) is 0. The summed E-state index contributed by atoms with van der Waals surface area (Å²) in [6, 6.07) is 19.6. The lowest BCUT2D eigenvalue weighted by atomic mass is 9.84. The van der Waals surface area contributed by atoms with Crippen LogP contribution in [0.3, 0.4) is 0 Å². The van der Waals surface area contributed by atoms with Crippen LogP contribution < -0.4 is 5.43 Å². The van der Waals surface area contributed by atoms with E-state index in [1.807, 2.05) is 36.4 Å². The zero-order valence-corrected chi connectivity index (χ0v) is 17.3. The number of rotatable bonds is 3. The molecule has 0 bridgehead atoms. The van der Waals surface area contributed by atoms with Crippen LogP contribution in [0.2, 0.25) is 0 Å². The van der Waals surface area contributed by atoms with Crippen molar-refractivity contribution in [1.29, 1.82) is 0 Å². The van der Waals surface area contributed by atoms with Gasteiger partial charge >= 0.3 is 5.97 Å². The first-order valence-corrected chi connectivity index (χ1v) is 10.4. The second kappa shape index (κ2) is 7.54. The molecule has 5 rings (SSSR count). The standard InChI is InChI=1S/C27H20O5/c1-2-15-7-9-16(10-8-15)24-19-6-4-3-5-18(19)21(27(30)31)14-22-25(29)20-12-11-17(28)13-23(20)32-26(22)24/h3-14,24,28H,2H2,1H3,(H,30,31). The molecule has 0 fully saturated rings. The fourth-order valence-corrected chi connectivity index (χ4v) is 4.38. The average molecular weight is 424 g/mol. The molecule has 2 N–H and O–H groups in total. The van der Waals surface area contributed by atoms with E-state index in [0.29, 0.717) is 11.3 Å². The van der Waals surface area contributed by atoms with Crippen LogP contribution in [0.1, 0.15) is 46.4 Å². The highest BCUT2D eigenvalue weighted by molar-refractivity contribution is 6.21. The Morgan fingerprint density at radius 3 is 2.50 bits per heavy atom. The van der Waals surface area contributed by atoms with E-state index < -0.39 is 11.9 Å². The van der Waals surface area contributed by atoms with E-state index in [0.717, 1.165) is 17.5 Å². The minimum absolute atomic E-state index is 0.0137. The van der Waals surface area contributed by atoms with Gasteiger partial charge in [0, 0.05) is 6.07 Å². The Bertz CT molecular complexity index is 1460. The quantitative estimate of drug-likeness (QED) is 0.473. The number of benzene rings is 3. The summed E-state index contributed by atoms with van der Waals surface area (Å²) in [6.07, 6.45) is 2.30. The maximum atomic E-state index is 13.5. The zero-order valence-electron chi connectivity index (χ0n) is 17.3. The van der Waals surface area contributed by atoms with E-state index in [1.165, 1.54) is 29.8 Å². The SMILES string of the molecule is CCc1ccc(C2c3ccccc3C(C(=O)O)=Cc3c2oc2cc(O)ccc2c3=O)cc1. The van der Waals surface area contributed by atoms with Gasteiger partial charge < -0.3 is 14.6 Å². The molecule has 5 heteroatoms. The maximum Gasteiger partial charge on any atom is 0.336 e. The van der Waals surface area contributed by atoms with E-state index in [2.05, 4.69) is 6.92 Å². The number of phenolic OH excluding ortho intramolecular Hbond substituents is 1. The predicted octanol–water partition coefficient (Wildman–Crippen LogP) is 5.18. The molecule has 0 radical (unpaired) electrons. The summed E-state index contributed by atoms with van der Waals surface area (Å²) in [5, 5.41) is 20.2. The third kappa shape index (κ3) is 3.10. The number of carboxylic acid groups (broad SMARTS) is 1. The summed E-state index contributed by atoms with van der Waals surface area (Å²) in [6.45, 7) is 2.08. The Labute approximate surface area is 183 Å². The van der Waals surface area contributed by atoms with Crippen LogP contribution in [-0.2, 0) is 11.2 Å². The van der Waals surface area contributed by atoms with Gasteiger partial charge in [0.05, 0.1) is 22.4 Å². The Morgan fingerprint density at radius 1 is 1.03 bits per heavy atom. The summed E-state index contributed by atoms with van der Waals surface area (Å²) in [5.41, 5.74) is 3.52. The molecule has 1 aliphatic rings. The monoisotopic (exact) mass is 424 g/mol. The molecule has 1 atom stereocenters. The normalized spacial score (nSPS) is 14.9. The zero-order chi connectivity index (χ0) is 22.4. The third-order valence-electron chi connectivity index (χ3n) is 6.00. The van der Waals surface area contributed by atoms with E-state index in [9.17, 15) is 19.8 Å². The van der Waals surface area contributed by atoms with Crippen LogP contribution in [-0.4, -0.2) is 16.2 Å². The molecular weight excluding hydrogens is 404 g/mol. The van der Waals surface area contributed by atoms with Gasteiger partial charge in [0.25, 0.3) is 0 Å². The Kier molecular flexibility index (Phi) is 4.67. The van der Waals surface area contributed by atoms with Crippen molar-refractivity contribution in [3.8, 4) is 5.75 Å². The third-order valence-corrected chi connectivity index (χ3v) is 6.00. The first-order valence-electron chi connectivity index (χ1n) is 10.4. The minimum atomic E-state index is -1.12. The van der Waals surface area contributed by atoms with Gasteiger partial charge in [-0.15, -0.1) is 0 Å². The van der Waals surface area contributed by atoms with E-state index in [4.69, 9.17) is 4.42 Å². The molecule has 158 valence electrons. The van der Waals surface area contributed by atoms with Crippen molar-refractivity contribution in [1.82, 2.24) is 0 Å². The van der Waals surface area contributed by atoms with Crippen molar-refractivity contribution >= 4 is 28.6 Å². The van der Waals surface area contributed by atoms with Crippen molar-refractivity contribution in [3.05, 3.63) is 111 Å². The number of carboxylic acids is 1. The molecule has 0 amide bonds. The number of phenols is 1. The highest BCUT2D eigenvalue weighted by Crippen LogP contribution is 2.42. The van der Waals surface area contributed by atoms with Gasteiger partial charge in [-0.1, -0.05) is 55.5 Å². The van der Waals surface area contributed by atoms with Crippen LogP contribution in [0.25, 0.3) is 22.6 Å². The molecule has 32 heavy (non-hydrogen) atoms. The number of aromatic hydroxyl groups is 1. The Morgan fingerprint density at radius 2 is 1.78 bits per heavy atom. The fourth-order valence-electron chi connectivity index (χ4n) is 4.38. The molecule has 1 aliphatic carbocycles. The molecule has 0 aliphatic heterocycles. The largest absolute Gasteiger partial charge is 0.508 e. The summed E-state index contributed by atoms with van der Waals surface area (Å²) in [4.78, 5) is 25.6.